The molecule has 116 valence electrons. The van der Waals surface area contributed by atoms with Crippen molar-refractivity contribution in [2.24, 2.45) is 0 Å². The van der Waals surface area contributed by atoms with E-state index in [4.69, 9.17) is 5.73 Å². The Morgan fingerprint density at radius 1 is 1.45 bits per heavy atom. The molecule has 1 saturated heterocycles. The predicted molar refractivity (Wildman–Crippen MR) is 75.7 cm³/mol. The number of carbonyl (C=O) groups is 4. The molecule has 1 atom stereocenters. The lowest BCUT2D eigenvalue weighted by Gasteiger charge is -2.29. The molecule has 0 spiro atoms. The normalized spacial score (nSPS) is 17.8. The number of anilines is 1. The molecule has 0 bridgehead atoms. The first-order valence-electron chi connectivity index (χ1n) is 6.56. The molecule has 0 aliphatic carbocycles. The third-order valence-corrected chi connectivity index (χ3v) is 3.59. The molecule has 4 N–H and O–H groups in total. The molecule has 2 rings (SSSR count). The Labute approximate surface area is 125 Å². The summed E-state index contributed by atoms with van der Waals surface area (Å²) in [6.07, 6.45) is 0.275. The van der Waals surface area contributed by atoms with Crippen LogP contribution in [-0.2, 0) is 14.4 Å². The van der Waals surface area contributed by atoms with E-state index >= 15 is 0 Å². The van der Waals surface area contributed by atoms with Gasteiger partial charge in [-0.3, -0.25) is 29.4 Å². The van der Waals surface area contributed by atoms with Gasteiger partial charge in [-0.05, 0) is 31.0 Å². The zero-order valence-electron chi connectivity index (χ0n) is 11.8. The van der Waals surface area contributed by atoms with Crippen molar-refractivity contribution in [3.8, 4) is 5.75 Å². The Morgan fingerprint density at radius 3 is 2.73 bits per heavy atom. The summed E-state index contributed by atoms with van der Waals surface area (Å²) >= 11 is 0. The highest BCUT2D eigenvalue weighted by Gasteiger charge is 2.36. The van der Waals surface area contributed by atoms with Crippen LogP contribution in [0.15, 0.2) is 12.1 Å². The number of nitrogens with zero attached hydrogens (tertiary/aromatic N) is 1. The standard InChI is InChI=1S/C14H15N3O5/c1-7-8(15)2-4-10(19)12(7)14(22)17(6-18)9-3-5-11(20)16-13(9)21/h2,4,6,9,19H,3,5,15H2,1H3,(H,16,20,21). The first-order chi connectivity index (χ1) is 10.4. The van der Waals surface area contributed by atoms with Crippen molar-refractivity contribution in [2.75, 3.05) is 5.73 Å². The zero-order valence-corrected chi connectivity index (χ0v) is 11.8. The second kappa shape index (κ2) is 5.84. The fourth-order valence-corrected chi connectivity index (χ4v) is 2.32. The summed E-state index contributed by atoms with van der Waals surface area (Å²) in [6.45, 7) is 1.52. The first-order valence-corrected chi connectivity index (χ1v) is 6.56. The highest BCUT2D eigenvalue weighted by Crippen LogP contribution is 2.28. The molecule has 1 fully saturated rings. The summed E-state index contributed by atoms with van der Waals surface area (Å²) in [6, 6.07) is 1.57. The fourth-order valence-electron chi connectivity index (χ4n) is 2.32. The van der Waals surface area contributed by atoms with Crippen molar-refractivity contribution in [3.63, 3.8) is 0 Å². The molecule has 1 aromatic carbocycles. The van der Waals surface area contributed by atoms with Gasteiger partial charge in [-0.25, -0.2) is 0 Å². The van der Waals surface area contributed by atoms with Crippen LogP contribution in [0.3, 0.4) is 0 Å². The maximum Gasteiger partial charge on any atom is 0.265 e. The molecule has 8 heteroatoms. The van der Waals surface area contributed by atoms with E-state index in [1.807, 2.05) is 0 Å². The summed E-state index contributed by atoms with van der Waals surface area (Å²) in [7, 11) is 0. The van der Waals surface area contributed by atoms with Gasteiger partial charge in [0.15, 0.2) is 0 Å². The number of hydrogen-bond acceptors (Lipinski definition) is 6. The number of amides is 4. The Bertz CT molecular complexity index is 671. The smallest absolute Gasteiger partial charge is 0.265 e. The summed E-state index contributed by atoms with van der Waals surface area (Å²) in [4.78, 5) is 47.4. The fraction of sp³-hybridized carbons (Fsp3) is 0.286. The highest BCUT2D eigenvalue weighted by atomic mass is 16.3. The van der Waals surface area contributed by atoms with Crippen LogP contribution >= 0.6 is 0 Å². The number of benzene rings is 1. The van der Waals surface area contributed by atoms with Crippen LogP contribution in [0, 0.1) is 6.92 Å². The quantitative estimate of drug-likeness (QED) is 0.304. The minimum Gasteiger partial charge on any atom is -0.507 e. The Balaban J connectivity index is 2.38. The molecule has 1 aliphatic rings. The lowest BCUT2D eigenvalue weighted by atomic mass is 10.0. The average molecular weight is 305 g/mol. The van der Waals surface area contributed by atoms with E-state index in [1.54, 1.807) is 0 Å². The van der Waals surface area contributed by atoms with Gasteiger partial charge >= 0.3 is 0 Å². The number of nitrogens with two attached hydrogens (primary N) is 1. The van der Waals surface area contributed by atoms with Crippen molar-refractivity contribution in [1.29, 1.82) is 0 Å². The van der Waals surface area contributed by atoms with Gasteiger partial charge in [0.1, 0.15) is 11.8 Å². The van der Waals surface area contributed by atoms with Gasteiger partial charge in [0, 0.05) is 12.1 Å². The number of aromatic hydroxyl groups is 1. The number of phenolic OH excluding ortho intramolecular Hbond substituents is 1. The third-order valence-electron chi connectivity index (χ3n) is 3.59. The van der Waals surface area contributed by atoms with Crippen LogP contribution in [-0.4, -0.2) is 40.2 Å². The average Bonchev–Trinajstić information content (AvgIpc) is 2.46. The minimum atomic E-state index is -1.09. The van der Waals surface area contributed by atoms with Crippen molar-refractivity contribution in [2.45, 2.75) is 25.8 Å². The van der Waals surface area contributed by atoms with Crippen LogP contribution in [0.1, 0.15) is 28.8 Å². The van der Waals surface area contributed by atoms with Gasteiger partial charge in [-0.1, -0.05) is 0 Å². The number of hydrogen-bond donors (Lipinski definition) is 3. The van der Waals surface area contributed by atoms with Crippen molar-refractivity contribution < 1.29 is 24.3 Å². The van der Waals surface area contributed by atoms with Gasteiger partial charge in [0.05, 0.1) is 5.56 Å². The van der Waals surface area contributed by atoms with E-state index in [-0.39, 0.29) is 36.3 Å². The van der Waals surface area contributed by atoms with E-state index in [9.17, 15) is 24.3 Å². The molecule has 1 aliphatic heterocycles. The largest absolute Gasteiger partial charge is 0.507 e. The molecule has 0 saturated carbocycles. The maximum atomic E-state index is 12.5. The summed E-state index contributed by atoms with van der Waals surface area (Å²) in [5.74, 6) is -2.36. The minimum absolute atomic E-state index is 0.0237. The van der Waals surface area contributed by atoms with Gasteiger partial charge in [-0.15, -0.1) is 0 Å². The molecular weight excluding hydrogens is 290 g/mol. The number of nitrogen functional groups attached to an aromatic ring is 1. The lowest BCUT2D eigenvalue weighted by Crippen LogP contribution is -2.53. The third kappa shape index (κ3) is 2.62. The number of phenols is 1. The van der Waals surface area contributed by atoms with Crippen molar-refractivity contribution >= 4 is 29.8 Å². The van der Waals surface area contributed by atoms with Crippen LogP contribution in [0.5, 0.6) is 5.75 Å². The molecule has 1 heterocycles. The summed E-state index contributed by atoms with van der Waals surface area (Å²) in [5.41, 5.74) is 6.14. The van der Waals surface area contributed by atoms with Gasteiger partial charge in [0.2, 0.25) is 18.2 Å². The molecule has 4 amide bonds. The number of piperidine rings is 1. The monoisotopic (exact) mass is 305 g/mol. The van der Waals surface area contributed by atoms with Crippen LogP contribution in [0.25, 0.3) is 0 Å². The molecule has 8 nitrogen and oxygen atoms in total. The van der Waals surface area contributed by atoms with E-state index < -0.39 is 23.8 Å². The molecule has 22 heavy (non-hydrogen) atoms. The van der Waals surface area contributed by atoms with Crippen molar-refractivity contribution in [1.82, 2.24) is 10.2 Å². The number of carbonyl (C=O) groups excluding carboxylic acids is 4. The van der Waals surface area contributed by atoms with E-state index in [0.717, 1.165) is 0 Å². The highest BCUT2D eigenvalue weighted by molar-refractivity contribution is 6.09. The van der Waals surface area contributed by atoms with Gasteiger partial charge < -0.3 is 10.8 Å². The van der Waals surface area contributed by atoms with E-state index in [1.165, 1.54) is 19.1 Å². The summed E-state index contributed by atoms with van der Waals surface area (Å²) in [5, 5.41) is 11.9. The molecule has 0 aromatic heterocycles. The summed E-state index contributed by atoms with van der Waals surface area (Å²) < 4.78 is 0. The van der Waals surface area contributed by atoms with Crippen LogP contribution in [0.4, 0.5) is 5.69 Å². The Morgan fingerprint density at radius 2 is 2.14 bits per heavy atom. The number of rotatable bonds is 3. The molecule has 1 unspecified atom stereocenters. The molecule has 1 aromatic rings. The van der Waals surface area contributed by atoms with Gasteiger partial charge in [0.25, 0.3) is 5.91 Å². The Hall–Kier alpha value is -2.90. The molecule has 0 radical (unpaired) electrons. The first kappa shape index (κ1) is 15.5. The second-order valence-corrected chi connectivity index (χ2v) is 4.96. The SMILES string of the molecule is Cc1c(N)ccc(O)c1C(=O)N(C=O)C1CCC(=O)NC1=O. The predicted octanol–water partition coefficient (Wildman–Crippen LogP) is -0.313. The number of nitrogens with one attached hydrogen (secondary N) is 1. The zero-order chi connectivity index (χ0) is 16.4. The number of imide groups is 2. The van der Waals surface area contributed by atoms with E-state index in [2.05, 4.69) is 5.32 Å². The Kier molecular flexibility index (Phi) is 4.11. The van der Waals surface area contributed by atoms with Crippen LogP contribution in [0.2, 0.25) is 0 Å². The lowest BCUT2D eigenvalue weighted by molar-refractivity contribution is -0.139. The van der Waals surface area contributed by atoms with Crippen molar-refractivity contribution in [3.05, 3.63) is 23.3 Å². The maximum absolute atomic E-state index is 12.5. The van der Waals surface area contributed by atoms with Crippen LogP contribution < -0.4 is 11.1 Å². The molecular formula is C14H15N3O5. The van der Waals surface area contributed by atoms with E-state index in [0.29, 0.717) is 10.5 Å². The van der Waals surface area contributed by atoms with Gasteiger partial charge in [-0.2, -0.15) is 0 Å². The topological polar surface area (TPSA) is 130 Å². The second-order valence-electron chi connectivity index (χ2n) is 4.96.